The summed E-state index contributed by atoms with van der Waals surface area (Å²) in [5, 5.41) is 17.4. The van der Waals surface area contributed by atoms with Crippen molar-refractivity contribution in [1.29, 1.82) is 5.26 Å². The molecule has 5 rings (SSSR count). The maximum absolute atomic E-state index is 13.9. The van der Waals surface area contributed by atoms with Gasteiger partial charge in [-0.3, -0.25) is 4.79 Å². The molecule has 0 unspecified atom stereocenters. The molecule has 5 aromatic rings. The van der Waals surface area contributed by atoms with E-state index in [1.54, 1.807) is 54.6 Å². The van der Waals surface area contributed by atoms with Gasteiger partial charge in [-0.25, -0.2) is 9.67 Å². The first-order chi connectivity index (χ1) is 20.7. The van der Waals surface area contributed by atoms with Crippen molar-refractivity contribution in [2.75, 3.05) is 7.11 Å². The van der Waals surface area contributed by atoms with E-state index in [-0.39, 0.29) is 46.6 Å². The zero-order valence-corrected chi connectivity index (χ0v) is 24.1. The number of halogens is 3. The maximum Gasteiger partial charge on any atom is 1.00 e. The number of nitriles is 1. The fourth-order valence-electron chi connectivity index (χ4n) is 4.14. The number of methoxy groups -OCH3 is 1. The molecule has 216 valence electrons. The molecule has 0 saturated carbocycles. The number of carbonyl (C=O) groups is 1. The van der Waals surface area contributed by atoms with Gasteiger partial charge in [-0.15, -0.1) is 5.69 Å². The Kier molecular flexibility index (Phi) is 10.0. The van der Waals surface area contributed by atoms with Gasteiger partial charge < -0.3 is 19.8 Å². The number of aromatic nitrogens is 4. The third-order valence-electron chi connectivity index (χ3n) is 6.16. The molecule has 0 aliphatic carbocycles. The van der Waals surface area contributed by atoms with E-state index >= 15 is 0 Å². The number of aromatic amines is 1. The fourth-order valence-corrected chi connectivity index (χ4v) is 4.96. The molecule has 0 bridgehead atoms. The minimum Gasteiger partial charge on any atom is -0.623 e. The summed E-state index contributed by atoms with van der Waals surface area (Å²) < 4.78 is 47.7. The van der Waals surface area contributed by atoms with Crippen molar-refractivity contribution >= 4 is 23.4 Å². The van der Waals surface area contributed by atoms with Crippen LogP contribution in [-0.4, -0.2) is 32.8 Å². The van der Waals surface area contributed by atoms with E-state index in [9.17, 15) is 28.0 Å². The molecule has 0 atom stereocenters. The number of hydrogen-bond donors (Lipinski definition) is 1. The Morgan fingerprint density at radius 2 is 1.82 bits per heavy atom. The van der Waals surface area contributed by atoms with Gasteiger partial charge >= 0.3 is 25.0 Å². The Hall–Kier alpha value is -4.75. The number of alkyl halides is 3. The van der Waals surface area contributed by atoms with Crippen LogP contribution in [0.25, 0.3) is 22.3 Å². The topological polar surface area (TPSA) is 128 Å². The predicted molar refractivity (Wildman–Crippen MR) is 153 cm³/mol. The second-order valence-electron chi connectivity index (χ2n) is 8.96. The van der Waals surface area contributed by atoms with Gasteiger partial charge in [0, 0.05) is 11.3 Å². The van der Waals surface area contributed by atoms with Crippen LogP contribution in [0, 0.1) is 11.3 Å². The molecule has 0 spiro atoms. The van der Waals surface area contributed by atoms with E-state index in [1.165, 1.54) is 43.1 Å². The summed E-state index contributed by atoms with van der Waals surface area (Å²) in [5.41, 5.74) is -0.753. The number of thioether (sulfide) groups is 1. The second kappa shape index (κ2) is 13.7. The van der Waals surface area contributed by atoms with Crippen LogP contribution in [0.4, 0.5) is 18.9 Å². The summed E-state index contributed by atoms with van der Waals surface area (Å²) in [4.78, 5) is 32.5. The number of ether oxygens (including phenoxy) is 1. The van der Waals surface area contributed by atoms with Gasteiger partial charge in [-0.05, 0) is 29.8 Å². The van der Waals surface area contributed by atoms with Crippen molar-refractivity contribution in [2.45, 2.75) is 17.1 Å². The molecular formula is C30H20F3LiN6O3S. The third kappa shape index (κ3) is 7.06. The number of amides is 1. The Bertz CT molecular complexity index is 1890. The number of para-hydroxylation sites is 1. The summed E-state index contributed by atoms with van der Waals surface area (Å²) in [7, 11) is 1.50. The summed E-state index contributed by atoms with van der Waals surface area (Å²) in [6, 6.07) is 22.7. The van der Waals surface area contributed by atoms with Crippen LogP contribution < -0.4 is 29.2 Å². The first kappa shape index (κ1) is 32.2. The van der Waals surface area contributed by atoms with Crippen LogP contribution in [0.1, 0.15) is 27.2 Å². The first-order valence-corrected chi connectivity index (χ1v) is 13.5. The quantitative estimate of drug-likeness (QED) is 0.162. The zero-order valence-electron chi connectivity index (χ0n) is 23.3. The first-order valence-electron chi connectivity index (χ1n) is 12.5. The largest absolute Gasteiger partial charge is 1.00 e. The summed E-state index contributed by atoms with van der Waals surface area (Å²) >= 11 is 1.21. The number of nitrogens with one attached hydrogen (secondary N) is 1. The normalized spacial score (nSPS) is 10.9. The molecule has 44 heavy (non-hydrogen) atoms. The van der Waals surface area contributed by atoms with Crippen molar-refractivity contribution in [1.82, 2.24) is 19.7 Å². The molecule has 0 radical (unpaired) electrons. The second-order valence-corrected chi connectivity index (χ2v) is 9.93. The van der Waals surface area contributed by atoms with Crippen molar-refractivity contribution < 1.29 is 41.6 Å². The van der Waals surface area contributed by atoms with Crippen molar-refractivity contribution in [3.8, 4) is 28.8 Å². The number of rotatable bonds is 8. The molecular weight excluding hydrogens is 588 g/mol. The third-order valence-corrected chi connectivity index (χ3v) is 7.11. The van der Waals surface area contributed by atoms with Crippen molar-refractivity contribution in [2.24, 2.45) is 0 Å². The monoisotopic (exact) mass is 608 g/mol. The van der Waals surface area contributed by atoms with Crippen LogP contribution >= 0.6 is 11.8 Å². The Morgan fingerprint density at radius 1 is 1.09 bits per heavy atom. The summed E-state index contributed by atoms with van der Waals surface area (Å²) in [6.45, 7) is 0. The van der Waals surface area contributed by atoms with Crippen molar-refractivity contribution in [3.63, 3.8) is 0 Å². The average Bonchev–Trinajstić information content (AvgIpc) is 3.48. The minimum absolute atomic E-state index is 0. The van der Waals surface area contributed by atoms with E-state index in [0.717, 1.165) is 11.8 Å². The Morgan fingerprint density at radius 3 is 2.48 bits per heavy atom. The molecule has 1 amide bonds. The SMILES string of the molecule is COc1cccc(-c2nc(SCc3ccc([N-]C(=O)c4cnn(-c5ccccc5)c4C(F)(F)F)cc3)[nH]c(=O)c2C#N)c1.[Li+]. The maximum atomic E-state index is 13.9. The summed E-state index contributed by atoms with van der Waals surface area (Å²) in [5.74, 6) is -0.190. The van der Waals surface area contributed by atoms with E-state index in [0.29, 0.717) is 21.7 Å². The van der Waals surface area contributed by atoms with Gasteiger partial charge in [0.15, 0.2) is 10.9 Å². The van der Waals surface area contributed by atoms with E-state index in [2.05, 4.69) is 20.4 Å². The van der Waals surface area contributed by atoms with E-state index in [4.69, 9.17) is 4.74 Å². The molecule has 0 saturated heterocycles. The van der Waals surface area contributed by atoms with Crippen LogP contribution in [0.2, 0.25) is 0 Å². The van der Waals surface area contributed by atoms with Crippen LogP contribution in [0.3, 0.4) is 0 Å². The average molecular weight is 609 g/mol. The zero-order chi connectivity index (χ0) is 30.6. The van der Waals surface area contributed by atoms with Crippen LogP contribution in [-0.2, 0) is 11.9 Å². The molecule has 3 aromatic carbocycles. The molecule has 2 aromatic heterocycles. The van der Waals surface area contributed by atoms with Crippen LogP contribution in [0.5, 0.6) is 5.75 Å². The smallest absolute Gasteiger partial charge is 0.623 e. The predicted octanol–water partition coefficient (Wildman–Crippen LogP) is 3.66. The molecule has 0 aliphatic heterocycles. The van der Waals surface area contributed by atoms with E-state index in [1.807, 2.05) is 6.07 Å². The van der Waals surface area contributed by atoms with E-state index < -0.39 is 28.9 Å². The number of carbonyl (C=O) groups excluding carboxylic acids is 1. The van der Waals surface area contributed by atoms with Gasteiger partial charge in [-0.1, -0.05) is 66.4 Å². The molecule has 0 aliphatic rings. The summed E-state index contributed by atoms with van der Waals surface area (Å²) in [6.07, 6.45) is -3.99. The van der Waals surface area contributed by atoms with Crippen molar-refractivity contribution in [3.05, 3.63) is 123 Å². The van der Waals surface area contributed by atoms with Gasteiger partial charge in [0.25, 0.3) is 5.56 Å². The molecule has 2 heterocycles. The minimum atomic E-state index is -4.85. The van der Waals surface area contributed by atoms with Gasteiger partial charge in [0.2, 0.25) is 0 Å². The standard InChI is InChI=1S/C30H21F3N6O3S.Li/c1-42-22-9-5-6-19(14-22)25-23(15-34)27(40)38-29(37-25)43-17-18-10-12-20(13-11-18)36-28(41)24-16-35-39(26(24)30(31,32)33)21-7-3-2-4-8-21;/h2-14,16H,17H2,1H3,(H2,36,37,38,40,41);/q;+1/p-1. The molecule has 14 heteroatoms. The Labute approximate surface area is 265 Å². The molecule has 0 fully saturated rings. The van der Waals surface area contributed by atoms with Gasteiger partial charge in [0.1, 0.15) is 17.4 Å². The number of hydrogen-bond acceptors (Lipinski definition) is 7. The number of H-pyrrole nitrogens is 1. The molecule has 1 N–H and O–H groups in total. The Balaban J connectivity index is 0.00000442. The molecule has 9 nitrogen and oxygen atoms in total. The van der Waals surface area contributed by atoms with Gasteiger partial charge in [-0.2, -0.15) is 23.5 Å². The van der Waals surface area contributed by atoms with Gasteiger partial charge in [0.05, 0.1) is 36.2 Å². The van der Waals surface area contributed by atoms with Crippen LogP contribution in [0.15, 0.2) is 95.0 Å². The number of benzene rings is 3. The fraction of sp³-hybridized carbons (Fsp3) is 0.100. The number of nitrogens with zero attached hydrogens (tertiary/aromatic N) is 5.